The summed E-state index contributed by atoms with van der Waals surface area (Å²) < 4.78 is 13.4. The van der Waals surface area contributed by atoms with Crippen LogP contribution in [0.3, 0.4) is 0 Å². The van der Waals surface area contributed by atoms with Gasteiger partial charge in [0.1, 0.15) is 11.2 Å². The van der Waals surface area contributed by atoms with Crippen molar-refractivity contribution >= 4 is 97.1 Å². The van der Waals surface area contributed by atoms with Crippen LogP contribution in [0.2, 0.25) is 0 Å². The molecule has 9 aromatic carbocycles. The van der Waals surface area contributed by atoms with Gasteiger partial charge >= 0.3 is 0 Å². The van der Waals surface area contributed by atoms with Crippen LogP contribution in [0, 0.1) is 0 Å². The van der Waals surface area contributed by atoms with Gasteiger partial charge in [-0.3, -0.25) is 0 Å². The van der Waals surface area contributed by atoms with Crippen molar-refractivity contribution in [2.45, 2.75) is 0 Å². The average molecular weight is 836 g/mol. The fraction of sp³-hybridized carbons (Fsp3) is 0. The lowest BCUT2D eigenvalue weighted by Gasteiger charge is -2.13. The van der Waals surface area contributed by atoms with E-state index in [4.69, 9.17) is 19.4 Å². The second kappa shape index (κ2) is 13.6. The molecule has 14 rings (SSSR count). The molecule has 64 heavy (non-hydrogen) atoms. The van der Waals surface area contributed by atoms with Crippen LogP contribution >= 0.6 is 11.3 Å². The molecule has 5 heterocycles. The minimum Gasteiger partial charge on any atom is -0.456 e. The third-order valence-corrected chi connectivity index (χ3v) is 14.0. The van der Waals surface area contributed by atoms with E-state index < -0.39 is 0 Å². The number of aromatic nitrogens is 5. The van der Waals surface area contributed by atoms with Crippen molar-refractivity contribution in [3.8, 4) is 45.5 Å². The van der Waals surface area contributed by atoms with Gasteiger partial charge in [-0.2, -0.15) is 0 Å². The molecule has 0 amide bonds. The first-order valence-electron chi connectivity index (χ1n) is 21.4. The van der Waals surface area contributed by atoms with Gasteiger partial charge in [0.25, 0.3) is 0 Å². The molecule has 14 aromatic rings. The largest absolute Gasteiger partial charge is 0.456 e. The molecule has 0 bridgehead atoms. The Bertz CT molecular complexity index is 4110. The zero-order valence-electron chi connectivity index (χ0n) is 34.1. The van der Waals surface area contributed by atoms with Gasteiger partial charge < -0.3 is 13.6 Å². The van der Waals surface area contributed by atoms with Crippen LogP contribution < -0.4 is 0 Å². The van der Waals surface area contributed by atoms with Gasteiger partial charge in [-0.05, 0) is 66.7 Å². The summed E-state index contributed by atoms with van der Waals surface area (Å²) in [6.07, 6.45) is 0. The first-order chi connectivity index (χ1) is 31.7. The van der Waals surface area contributed by atoms with Gasteiger partial charge in [0, 0.05) is 70.2 Å². The summed E-state index contributed by atoms with van der Waals surface area (Å²) in [4.78, 5) is 16.0. The summed E-state index contributed by atoms with van der Waals surface area (Å²) in [6, 6.07) is 70.8. The molecular weight excluding hydrogens is 803 g/mol. The van der Waals surface area contributed by atoms with Crippen LogP contribution in [0.5, 0.6) is 0 Å². The zero-order valence-corrected chi connectivity index (χ0v) is 34.9. The van der Waals surface area contributed by atoms with Crippen LogP contribution in [0.15, 0.2) is 205 Å². The van der Waals surface area contributed by atoms with E-state index in [9.17, 15) is 0 Å². The summed E-state index contributed by atoms with van der Waals surface area (Å²) in [5.74, 6) is 1.82. The lowest BCUT2D eigenvalue weighted by Crippen LogP contribution is -2.01. The summed E-state index contributed by atoms with van der Waals surface area (Å²) in [5.41, 5.74) is 11.2. The Morgan fingerprint density at radius 2 is 0.875 bits per heavy atom. The first kappa shape index (κ1) is 35.2. The summed E-state index contributed by atoms with van der Waals surface area (Å²) in [7, 11) is 0. The van der Waals surface area contributed by atoms with Crippen molar-refractivity contribution in [1.82, 2.24) is 24.1 Å². The van der Waals surface area contributed by atoms with Crippen LogP contribution in [-0.2, 0) is 0 Å². The molecule has 5 aromatic heterocycles. The van der Waals surface area contributed by atoms with Crippen molar-refractivity contribution in [2.75, 3.05) is 0 Å². The minimum atomic E-state index is 0.596. The molecule has 0 aliphatic carbocycles. The first-order valence-corrected chi connectivity index (χ1v) is 22.3. The van der Waals surface area contributed by atoms with E-state index in [1.165, 1.54) is 42.7 Å². The Hall–Kier alpha value is -8.39. The molecule has 298 valence electrons. The highest BCUT2D eigenvalue weighted by molar-refractivity contribution is 7.26. The summed E-state index contributed by atoms with van der Waals surface area (Å²) in [5, 5.41) is 9.29. The third-order valence-electron chi connectivity index (χ3n) is 12.8. The van der Waals surface area contributed by atoms with E-state index >= 15 is 0 Å². The second-order valence-corrected chi connectivity index (χ2v) is 17.4. The zero-order chi connectivity index (χ0) is 41.9. The molecule has 0 radical (unpaired) electrons. The Morgan fingerprint density at radius 1 is 0.344 bits per heavy atom. The van der Waals surface area contributed by atoms with Crippen molar-refractivity contribution in [3.63, 3.8) is 0 Å². The van der Waals surface area contributed by atoms with E-state index in [0.717, 1.165) is 71.1 Å². The second-order valence-electron chi connectivity index (χ2n) is 16.3. The van der Waals surface area contributed by atoms with E-state index in [0.29, 0.717) is 17.5 Å². The predicted octanol–water partition coefficient (Wildman–Crippen LogP) is 15.3. The fourth-order valence-electron chi connectivity index (χ4n) is 9.93. The van der Waals surface area contributed by atoms with Gasteiger partial charge in [-0.1, -0.05) is 133 Å². The van der Waals surface area contributed by atoms with E-state index in [2.05, 4.69) is 167 Å². The Balaban J connectivity index is 1.09. The third kappa shape index (κ3) is 5.16. The van der Waals surface area contributed by atoms with Crippen LogP contribution in [0.4, 0.5) is 0 Å². The van der Waals surface area contributed by atoms with Gasteiger partial charge in [0.05, 0.1) is 32.5 Å². The number of nitrogens with zero attached hydrogens (tertiary/aromatic N) is 5. The normalized spacial score (nSPS) is 12.1. The van der Waals surface area contributed by atoms with Crippen molar-refractivity contribution < 1.29 is 4.42 Å². The van der Waals surface area contributed by atoms with Gasteiger partial charge in [0.2, 0.25) is 0 Å². The Labute approximate surface area is 369 Å². The quantitative estimate of drug-likeness (QED) is 0.173. The molecule has 0 unspecified atom stereocenters. The molecule has 0 saturated heterocycles. The highest BCUT2D eigenvalue weighted by Crippen LogP contribution is 2.46. The highest BCUT2D eigenvalue weighted by Gasteiger charge is 2.23. The van der Waals surface area contributed by atoms with E-state index in [1.807, 2.05) is 42.5 Å². The maximum Gasteiger partial charge on any atom is 0.165 e. The van der Waals surface area contributed by atoms with Crippen molar-refractivity contribution in [1.29, 1.82) is 0 Å². The Kier molecular flexibility index (Phi) is 7.46. The van der Waals surface area contributed by atoms with Crippen LogP contribution in [-0.4, -0.2) is 24.1 Å². The molecule has 0 saturated carbocycles. The summed E-state index contributed by atoms with van der Waals surface area (Å²) >= 11 is 1.80. The van der Waals surface area contributed by atoms with Gasteiger partial charge in [-0.25, -0.2) is 15.0 Å². The molecule has 6 nitrogen and oxygen atoms in total. The monoisotopic (exact) mass is 835 g/mol. The summed E-state index contributed by atoms with van der Waals surface area (Å²) in [6.45, 7) is 0. The van der Waals surface area contributed by atoms with Gasteiger partial charge in [-0.15, -0.1) is 11.3 Å². The smallest absolute Gasteiger partial charge is 0.165 e. The highest BCUT2D eigenvalue weighted by atomic mass is 32.1. The lowest BCUT2D eigenvalue weighted by atomic mass is 10.1. The van der Waals surface area contributed by atoms with Gasteiger partial charge in [0.15, 0.2) is 17.5 Å². The average Bonchev–Trinajstić information content (AvgIpc) is 4.12. The molecule has 0 fully saturated rings. The van der Waals surface area contributed by atoms with Crippen molar-refractivity contribution in [3.05, 3.63) is 200 Å². The molecule has 0 aliphatic rings. The van der Waals surface area contributed by atoms with Crippen LogP contribution in [0.25, 0.3) is 131 Å². The number of hydrogen-bond donors (Lipinski definition) is 0. The van der Waals surface area contributed by atoms with E-state index in [-0.39, 0.29) is 0 Å². The molecule has 0 aliphatic heterocycles. The minimum absolute atomic E-state index is 0.596. The standard InChI is InChI=1S/C57H33N5OS/c1-2-15-34(16-3-1)55-58-56(35-29-30-52-43(31-35)41-21-8-13-28-51(41)63-52)60-57(59-55)45-33-36(61-46-23-9-4-17-37(46)38-18-5-10-24-47(38)61)32-44-42-22-14-27-50(54(42)64-53(44)45)62-48-25-11-6-19-39(48)40-20-7-12-26-49(40)62/h1-33H. The number of benzene rings is 9. The maximum absolute atomic E-state index is 6.24. The van der Waals surface area contributed by atoms with Crippen molar-refractivity contribution in [2.24, 2.45) is 0 Å². The Morgan fingerprint density at radius 3 is 1.55 bits per heavy atom. The molecule has 0 N–H and O–H groups in total. The number of furan rings is 1. The number of rotatable bonds is 5. The number of thiophene rings is 1. The maximum atomic E-state index is 6.24. The number of fused-ring (bicyclic) bond motifs is 12. The topological polar surface area (TPSA) is 61.7 Å². The van der Waals surface area contributed by atoms with E-state index in [1.54, 1.807) is 11.3 Å². The number of para-hydroxylation sites is 5. The van der Waals surface area contributed by atoms with Crippen LogP contribution in [0.1, 0.15) is 0 Å². The molecule has 7 heteroatoms. The molecule has 0 spiro atoms. The predicted molar refractivity (Wildman–Crippen MR) is 265 cm³/mol. The molecule has 0 atom stereocenters. The lowest BCUT2D eigenvalue weighted by molar-refractivity contribution is 0.669. The number of hydrogen-bond acceptors (Lipinski definition) is 5. The fourth-order valence-corrected chi connectivity index (χ4v) is 11.2. The molecular formula is C57H33N5OS. The SMILES string of the molecule is c1ccc(-c2nc(-c3ccc4oc5ccccc5c4c3)nc(-c3cc(-n4c5ccccc5c5ccccc54)cc4c3sc3c(-n5c6ccccc6c6ccccc65)cccc34)n2)cc1.